The van der Waals surface area contributed by atoms with Gasteiger partial charge in [-0.15, -0.1) is 0 Å². The van der Waals surface area contributed by atoms with Gasteiger partial charge in [0.2, 0.25) is 5.91 Å². The lowest BCUT2D eigenvalue weighted by atomic mass is 9.96. The molecule has 3 rings (SSSR count). The average molecular weight is 417 g/mol. The molecule has 1 unspecified atom stereocenters. The van der Waals surface area contributed by atoms with Gasteiger partial charge in [0.1, 0.15) is 5.75 Å². The van der Waals surface area contributed by atoms with Crippen LogP contribution in [0.5, 0.6) is 5.75 Å². The average Bonchev–Trinajstić information content (AvgIpc) is 2.64. The fraction of sp³-hybridized carbons (Fsp3) is 0.381. The molecule has 5 heteroatoms. The summed E-state index contributed by atoms with van der Waals surface area (Å²) in [5, 5.41) is 3.07. The normalized spacial score (nSPS) is 17.7. The molecule has 1 atom stereocenters. The summed E-state index contributed by atoms with van der Waals surface area (Å²) < 4.78 is 6.46. The first-order valence-electron chi connectivity index (χ1n) is 8.97. The zero-order valence-corrected chi connectivity index (χ0v) is 16.9. The number of rotatable bonds is 5. The van der Waals surface area contributed by atoms with Gasteiger partial charge >= 0.3 is 0 Å². The number of carbonyl (C=O) groups excluding carboxylic acids is 1. The van der Waals surface area contributed by atoms with Crippen molar-refractivity contribution >= 4 is 27.5 Å². The highest BCUT2D eigenvalue weighted by atomic mass is 79.9. The number of halogens is 1. The van der Waals surface area contributed by atoms with Crippen molar-refractivity contribution in [3.63, 3.8) is 0 Å². The minimum Gasteiger partial charge on any atom is -0.495 e. The number of anilines is 1. The number of likely N-dealkylation sites (tertiary alicyclic amines) is 1. The Morgan fingerprint density at radius 2 is 2.04 bits per heavy atom. The highest BCUT2D eigenvalue weighted by Gasteiger charge is 2.26. The Balaban J connectivity index is 1.62. The summed E-state index contributed by atoms with van der Waals surface area (Å²) in [5.74, 6) is 0.783. The highest BCUT2D eigenvalue weighted by molar-refractivity contribution is 9.10. The van der Waals surface area contributed by atoms with Crippen molar-refractivity contribution in [1.29, 1.82) is 0 Å². The molecule has 0 radical (unpaired) electrons. The summed E-state index contributed by atoms with van der Waals surface area (Å²) in [4.78, 5) is 15.2. The number of nitrogens with one attached hydrogen (secondary N) is 1. The van der Waals surface area contributed by atoms with E-state index < -0.39 is 0 Å². The number of methoxy groups -OCH3 is 1. The van der Waals surface area contributed by atoms with Gasteiger partial charge in [0, 0.05) is 17.6 Å². The molecule has 1 fully saturated rings. The monoisotopic (exact) mass is 416 g/mol. The predicted molar refractivity (Wildman–Crippen MR) is 109 cm³/mol. The molecule has 0 aliphatic carbocycles. The molecule has 0 saturated carbocycles. The Labute approximate surface area is 163 Å². The maximum absolute atomic E-state index is 12.8. The summed E-state index contributed by atoms with van der Waals surface area (Å²) in [5.41, 5.74) is 3.12. The zero-order valence-electron chi connectivity index (χ0n) is 15.3. The lowest BCUT2D eigenvalue weighted by Crippen LogP contribution is -2.40. The molecule has 0 spiro atoms. The molecule has 26 heavy (non-hydrogen) atoms. The third kappa shape index (κ3) is 4.86. The fourth-order valence-electron chi connectivity index (χ4n) is 3.42. The predicted octanol–water partition coefficient (Wildman–Crippen LogP) is 4.62. The standard InChI is InChI=1S/C21H25BrN2O2/c1-15-5-10-20(26-2)19(12-15)23-21(25)17-4-3-11-24(14-17)13-16-6-8-18(22)9-7-16/h5-10,12,17H,3-4,11,13-14H2,1-2H3,(H,23,25). The number of nitrogens with zero attached hydrogens (tertiary/aromatic N) is 1. The number of aryl methyl sites for hydroxylation is 1. The van der Waals surface area contributed by atoms with Crippen molar-refractivity contribution < 1.29 is 9.53 Å². The van der Waals surface area contributed by atoms with Gasteiger partial charge in [0.05, 0.1) is 18.7 Å². The van der Waals surface area contributed by atoms with E-state index in [-0.39, 0.29) is 11.8 Å². The molecule has 0 aromatic heterocycles. The maximum Gasteiger partial charge on any atom is 0.228 e. The smallest absolute Gasteiger partial charge is 0.228 e. The Bertz CT molecular complexity index is 761. The van der Waals surface area contributed by atoms with Crippen LogP contribution in [0.1, 0.15) is 24.0 Å². The molecular weight excluding hydrogens is 392 g/mol. The van der Waals surface area contributed by atoms with Gasteiger partial charge in [-0.2, -0.15) is 0 Å². The van der Waals surface area contributed by atoms with Crippen LogP contribution in [0.25, 0.3) is 0 Å². The van der Waals surface area contributed by atoms with E-state index in [9.17, 15) is 4.79 Å². The van der Waals surface area contributed by atoms with Crippen LogP contribution in [0.4, 0.5) is 5.69 Å². The first kappa shape index (κ1) is 18.9. The second kappa shape index (κ2) is 8.69. The number of piperidine rings is 1. The Morgan fingerprint density at radius 1 is 1.27 bits per heavy atom. The number of ether oxygens (including phenoxy) is 1. The first-order valence-corrected chi connectivity index (χ1v) is 9.77. The molecule has 1 amide bonds. The summed E-state index contributed by atoms with van der Waals surface area (Å²) in [7, 11) is 1.63. The van der Waals surface area contributed by atoms with Gasteiger partial charge < -0.3 is 10.1 Å². The van der Waals surface area contributed by atoms with Crippen LogP contribution in [-0.2, 0) is 11.3 Å². The summed E-state index contributed by atoms with van der Waals surface area (Å²) in [6, 6.07) is 14.2. The molecule has 1 N–H and O–H groups in total. The van der Waals surface area contributed by atoms with Gasteiger partial charge in [-0.3, -0.25) is 9.69 Å². The van der Waals surface area contributed by atoms with E-state index in [4.69, 9.17) is 4.74 Å². The highest BCUT2D eigenvalue weighted by Crippen LogP contribution is 2.27. The van der Waals surface area contributed by atoms with Gasteiger partial charge in [0.15, 0.2) is 0 Å². The Hall–Kier alpha value is -1.85. The number of carbonyl (C=O) groups is 1. The van der Waals surface area contributed by atoms with E-state index in [0.717, 1.165) is 48.2 Å². The van der Waals surface area contributed by atoms with E-state index in [1.165, 1.54) is 5.56 Å². The van der Waals surface area contributed by atoms with Crippen molar-refractivity contribution in [1.82, 2.24) is 4.90 Å². The lowest BCUT2D eigenvalue weighted by Gasteiger charge is -2.32. The van der Waals surface area contributed by atoms with Crippen LogP contribution in [-0.4, -0.2) is 31.0 Å². The van der Waals surface area contributed by atoms with Crippen LogP contribution in [0.3, 0.4) is 0 Å². The molecule has 1 heterocycles. The van der Waals surface area contributed by atoms with E-state index >= 15 is 0 Å². The summed E-state index contributed by atoms with van der Waals surface area (Å²) in [6.07, 6.45) is 1.97. The largest absolute Gasteiger partial charge is 0.495 e. The van der Waals surface area contributed by atoms with Crippen molar-refractivity contribution in [2.75, 3.05) is 25.5 Å². The third-order valence-corrected chi connectivity index (χ3v) is 5.34. The van der Waals surface area contributed by atoms with Crippen molar-refractivity contribution in [3.8, 4) is 5.75 Å². The van der Waals surface area contributed by atoms with Gasteiger partial charge in [0.25, 0.3) is 0 Å². The van der Waals surface area contributed by atoms with E-state index in [0.29, 0.717) is 5.75 Å². The van der Waals surface area contributed by atoms with Gasteiger partial charge in [-0.25, -0.2) is 0 Å². The van der Waals surface area contributed by atoms with Crippen molar-refractivity contribution in [3.05, 3.63) is 58.1 Å². The van der Waals surface area contributed by atoms with E-state index in [2.05, 4.69) is 50.4 Å². The minimum atomic E-state index is 0.00409. The minimum absolute atomic E-state index is 0.00409. The quantitative estimate of drug-likeness (QED) is 0.772. The van der Waals surface area contributed by atoms with Crippen molar-refractivity contribution in [2.45, 2.75) is 26.3 Å². The fourth-order valence-corrected chi connectivity index (χ4v) is 3.68. The molecule has 0 bridgehead atoms. The summed E-state index contributed by atoms with van der Waals surface area (Å²) in [6.45, 7) is 4.71. The SMILES string of the molecule is COc1ccc(C)cc1NC(=O)C1CCCN(Cc2ccc(Br)cc2)C1. The van der Waals surface area contributed by atoms with Crippen LogP contribution < -0.4 is 10.1 Å². The van der Waals surface area contributed by atoms with Crippen LogP contribution in [0.2, 0.25) is 0 Å². The molecule has 1 saturated heterocycles. The Morgan fingerprint density at radius 3 is 2.77 bits per heavy atom. The molecule has 138 valence electrons. The third-order valence-electron chi connectivity index (χ3n) is 4.81. The van der Waals surface area contributed by atoms with Crippen LogP contribution in [0, 0.1) is 12.8 Å². The number of benzene rings is 2. The Kier molecular flexibility index (Phi) is 6.33. The second-order valence-corrected chi connectivity index (χ2v) is 7.81. The maximum atomic E-state index is 12.8. The van der Waals surface area contributed by atoms with E-state index in [1.54, 1.807) is 7.11 Å². The molecule has 2 aromatic carbocycles. The molecule has 2 aromatic rings. The molecular formula is C21H25BrN2O2. The molecule has 1 aliphatic rings. The summed E-state index contributed by atoms with van der Waals surface area (Å²) >= 11 is 3.47. The van der Waals surface area contributed by atoms with E-state index in [1.807, 2.05) is 25.1 Å². The number of hydrogen-bond acceptors (Lipinski definition) is 3. The second-order valence-electron chi connectivity index (χ2n) is 6.89. The van der Waals surface area contributed by atoms with Crippen LogP contribution in [0.15, 0.2) is 46.9 Å². The topological polar surface area (TPSA) is 41.6 Å². The molecule has 4 nitrogen and oxygen atoms in total. The van der Waals surface area contributed by atoms with Gasteiger partial charge in [-0.05, 0) is 61.7 Å². The van der Waals surface area contributed by atoms with Crippen molar-refractivity contribution in [2.24, 2.45) is 5.92 Å². The lowest BCUT2D eigenvalue weighted by molar-refractivity contribution is -0.121. The first-order chi connectivity index (χ1) is 12.5. The molecule has 1 aliphatic heterocycles. The number of hydrogen-bond donors (Lipinski definition) is 1. The zero-order chi connectivity index (χ0) is 18.5. The number of amides is 1. The van der Waals surface area contributed by atoms with Gasteiger partial charge in [-0.1, -0.05) is 34.1 Å². The van der Waals surface area contributed by atoms with Crippen LogP contribution >= 0.6 is 15.9 Å².